The SMILES string of the molecule is CCCc1[nH]nc2cc(O)c(C(=O)N(C)Cc3ccccc3)cc12. The number of aromatic hydroxyl groups is 1. The highest BCUT2D eigenvalue weighted by Gasteiger charge is 2.19. The lowest BCUT2D eigenvalue weighted by Gasteiger charge is -2.18. The first kappa shape index (κ1) is 16.1. The first-order valence-corrected chi connectivity index (χ1v) is 8.09. The molecule has 0 saturated carbocycles. The Labute approximate surface area is 140 Å². The number of aryl methyl sites for hydroxylation is 1. The zero-order valence-corrected chi connectivity index (χ0v) is 13.9. The summed E-state index contributed by atoms with van der Waals surface area (Å²) in [5.74, 6) is -0.246. The van der Waals surface area contributed by atoms with E-state index >= 15 is 0 Å². The van der Waals surface area contributed by atoms with Crippen LogP contribution in [0.2, 0.25) is 0 Å². The zero-order chi connectivity index (χ0) is 17.1. The third kappa shape index (κ3) is 3.11. The molecule has 2 aromatic carbocycles. The molecule has 1 aromatic heterocycles. The molecule has 0 aliphatic rings. The normalized spacial score (nSPS) is 10.9. The van der Waals surface area contributed by atoms with E-state index in [-0.39, 0.29) is 11.7 Å². The number of amides is 1. The van der Waals surface area contributed by atoms with E-state index in [1.807, 2.05) is 30.3 Å². The van der Waals surface area contributed by atoms with Crippen LogP contribution in [-0.2, 0) is 13.0 Å². The van der Waals surface area contributed by atoms with Gasteiger partial charge in [0.25, 0.3) is 5.91 Å². The second-order valence-corrected chi connectivity index (χ2v) is 5.99. The van der Waals surface area contributed by atoms with Gasteiger partial charge in [-0.3, -0.25) is 9.89 Å². The van der Waals surface area contributed by atoms with Crippen LogP contribution in [0.5, 0.6) is 5.75 Å². The third-order valence-electron chi connectivity index (χ3n) is 4.09. The van der Waals surface area contributed by atoms with Gasteiger partial charge in [-0.15, -0.1) is 0 Å². The number of H-pyrrole nitrogens is 1. The van der Waals surface area contributed by atoms with Crippen molar-refractivity contribution in [3.05, 3.63) is 59.3 Å². The highest BCUT2D eigenvalue weighted by molar-refractivity contribution is 6.01. The molecule has 5 heteroatoms. The number of carbonyl (C=O) groups excluding carboxylic acids is 1. The van der Waals surface area contributed by atoms with Crippen LogP contribution in [0.25, 0.3) is 10.9 Å². The van der Waals surface area contributed by atoms with Crippen LogP contribution in [0.15, 0.2) is 42.5 Å². The maximum atomic E-state index is 12.7. The van der Waals surface area contributed by atoms with Crippen molar-refractivity contribution in [2.24, 2.45) is 0 Å². The molecule has 124 valence electrons. The predicted molar refractivity (Wildman–Crippen MR) is 94.0 cm³/mol. The van der Waals surface area contributed by atoms with Crippen molar-refractivity contribution in [3.8, 4) is 5.75 Å². The molecule has 0 radical (unpaired) electrons. The molecule has 3 rings (SSSR count). The number of phenols is 1. The van der Waals surface area contributed by atoms with Gasteiger partial charge in [-0.2, -0.15) is 5.10 Å². The Kier molecular flexibility index (Phi) is 4.51. The largest absolute Gasteiger partial charge is 0.507 e. The number of carbonyl (C=O) groups is 1. The van der Waals surface area contributed by atoms with Gasteiger partial charge in [-0.05, 0) is 18.1 Å². The van der Waals surface area contributed by atoms with Crippen molar-refractivity contribution in [1.29, 1.82) is 0 Å². The second kappa shape index (κ2) is 6.74. The average molecular weight is 323 g/mol. The molecule has 0 aliphatic heterocycles. The van der Waals surface area contributed by atoms with E-state index in [0.29, 0.717) is 17.6 Å². The lowest BCUT2D eigenvalue weighted by molar-refractivity contribution is 0.0782. The Morgan fingerprint density at radius 1 is 1.25 bits per heavy atom. The van der Waals surface area contributed by atoms with Gasteiger partial charge in [-0.1, -0.05) is 43.7 Å². The van der Waals surface area contributed by atoms with Crippen molar-refractivity contribution < 1.29 is 9.90 Å². The molecule has 0 fully saturated rings. The van der Waals surface area contributed by atoms with Gasteiger partial charge in [0.05, 0.1) is 11.1 Å². The Morgan fingerprint density at radius 2 is 2.00 bits per heavy atom. The van der Waals surface area contributed by atoms with Gasteiger partial charge in [0.15, 0.2) is 0 Å². The summed E-state index contributed by atoms with van der Waals surface area (Å²) in [6.45, 7) is 2.58. The van der Waals surface area contributed by atoms with Gasteiger partial charge in [0, 0.05) is 30.7 Å². The van der Waals surface area contributed by atoms with E-state index in [2.05, 4.69) is 17.1 Å². The van der Waals surface area contributed by atoms with Crippen molar-refractivity contribution in [2.45, 2.75) is 26.3 Å². The molecule has 0 spiro atoms. The number of nitrogens with one attached hydrogen (secondary N) is 1. The van der Waals surface area contributed by atoms with Crippen LogP contribution in [0, 0.1) is 0 Å². The number of benzene rings is 2. The number of aromatic amines is 1. The van der Waals surface area contributed by atoms with E-state index in [1.165, 1.54) is 0 Å². The van der Waals surface area contributed by atoms with Crippen LogP contribution in [0.1, 0.15) is 35.0 Å². The fourth-order valence-corrected chi connectivity index (χ4v) is 2.85. The Hall–Kier alpha value is -2.82. The first-order valence-electron chi connectivity index (χ1n) is 8.09. The number of aromatic nitrogens is 2. The highest BCUT2D eigenvalue weighted by atomic mass is 16.3. The number of hydrogen-bond donors (Lipinski definition) is 2. The zero-order valence-electron chi connectivity index (χ0n) is 13.9. The topological polar surface area (TPSA) is 69.2 Å². The molecule has 5 nitrogen and oxygen atoms in total. The molecule has 0 aliphatic carbocycles. The maximum Gasteiger partial charge on any atom is 0.257 e. The van der Waals surface area contributed by atoms with Gasteiger partial charge in [-0.25, -0.2) is 0 Å². The number of rotatable bonds is 5. The summed E-state index contributed by atoms with van der Waals surface area (Å²) in [5.41, 5.74) is 3.02. The Morgan fingerprint density at radius 3 is 2.71 bits per heavy atom. The number of phenolic OH excluding ortho intramolecular Hbond substituents is 1. The van der Waals surface area contributed by atoms with Gasteiger partial charge >= 0.3 is 0 Å². The smallest absolute Gasteiger partial charge is 0.257 e. The van der Waals surface area contributed by atoms with Gasteiger partial charge in [0.1, 0.15) is 5.75 Å². The standard InChI is InChI=1S/C19H21N3O2/c1-3-7-16-14-10-15(18(23)11-17(14)21-20-16)19(24)22(2)12-13-8-5-4-6-9-13/h4-6,8-11,23H,3,7,12H2,1-2H3,(H,20,21). The van der Waals surface area contributed by atoms with Crippen LogP contribution < -0.4 is 0 Å². The summed E-state index contributed by atoms with van der Waals surface area (Å²) >= 11 is 0. The van der Waals surface area contributed by atoms with Crippen molar-refractivity contribution in [2.75, 3.05) is 7.05 Å². The number of nitrogens with zero attached hydrogens (tertiary/aromatic N) is 2. The highest BCUT2D eigenvalue weighted by Crippen LogP contribution is 2.27. The van der Waals surface area contributed by atoms with Crippen LogP contribution in [-0.4, -0.2) is 33.2 Å². The molecular weight excluding hydrogens is 302 g/mol. The van der Waals surface area contributed by atoms with Crippen molar-refractivity contribution in [3.63, 3.8) is 0 Å². The molecule has 0 atom stereocenters. The van der Waals surface area contributed by atoms with Crippen molar-refractivity contribution in [1.82, 2.24) is 15.1 Å². The molecule has 0 unspecified atom stereocenters. The predicted octanol–water partition coefficient (Wildman–Crippen LogP) is 3.49. The third-order valence-corrected chi connectivity index (χ3v) is 4.09. The Bertz CT molecular complexity index is 856. The molecule has 1 amide bonds. The fraction of sp³-hybridized carbons (Fsp3) is 0.263. The lowest BCUT2D eigenvalue weighted by atomic mass is 10.1. The summed E-state index contributed by atoms with van der Waals surface area (Å²) in [6, 6.07) is 13.1. The van der Waals surface area contributed by atoms with Crippen LogP contribution in [0.3, 0.4) is 0 Å². The molecule has 0 bridgehead atoms. The van der Waals surface area contributed by atoms with Crippen LogP contribution >= 0.6 is 0 Å². The maximum absolute atomic E-state index is 12.7. The summed E-state index contributed by atoms with van der Waals surface area (Å²) in [4.78, 5) is 14.3. The number of fused-ring (bicyclic) bond motifs is 1. The molecule has 24 heavy (non-hydrogen) atoms. The summed E-state index contributed by atoms with van der Waals surface area (Å²) in [6.07, 6.45) is 1.84. The second-order valence-electron chi connectivity index (χ2n) is 5.99. The quantitative estimate of drug-likeness (QED) is 0.755. The molecular formula is C19H21N3O2. The monoisotopic (exact) mass is 323 g/mol. The average Bonchev–Trinajstić information content (AvgIpc) is 2.96. The minimum absolute atomic E-state index is 0.0399. The molecule has 3 aromatic rings. The summed E-state index contributed by atoms with van der Waals surface area (Å²) < 4.78 is 0. The van der Waals surface area contributed by atoms with E-state index < -0.39 is 0 Å². The minimum Gasteiger partial charge on any atom is -0.507 e. The van der Waals surface area contributed by atoms with Crippen LogP contribution in [0.4, 0.5) is 0 Å². The van der Waals surface area contributed by atoms with Gasteiger partial charge in [0.2, 0.25) is 0 Å². The van der Waals surface area contributed by atoms with E-state index in [4.69, 9.17) is 0 Å². The first-order chi connectivity index (χ1) is 11.6. The fourth-order valence-electron chi connectivity index (χ4n) is 2.85. The van der Waals surface area contributed by atoms with E-state index in [0.717, 1.165) is 29.5 Å². The lowest BCUT2D eigenvalue weighted by Crippen LogP contribution is -2.26. The van der Waals surface area contributed by atoms with E-state index in [1.54, 1.807) is 24.1 Å². The van der Waals surface area contributed by atoms with E-state index in [9.17, 15) is 9.90 Å². The Balaban J connectivity index is 1.90. The molecule has 2 N–H and O–H groups in total. The molecule has 0 saturated heterocycles. The van der Waals surface area contributed by atoms with Crippen molar-refractivity contribution >= 4 is 16.8 Å². The van der Waals surface area contributed by atoms with Gasteiger partial charge < -0.3 is 10.0 Å². The summed E-state index contributed by atoms with van der Waals surface area (Å²) in [5, 5.41) is 18.3. The summed E-state index contributed by atoms with van der Waals surface area (Å²) in [7, 11) is 1.74. The molecule has 1 heterocycles. The minimum atomic E-state index is -0.207. The number of hydrogen-bond acceptors (Lipinski definition) is 3.